The summed E-state index contributed by atoms with van der Waals surface area (Å²) in [4.78, 5) is 0. The topological polar surface area (TPSA) is 12.0 Å². The molecular weight excluding hydrogens is 622 g/mol. The molecule has 0 spiro atoms. The maximum atomic E-state index is 4.70. The van der Waals surface area contributed by atoms with Crippen LogP contribution in [0, 0.1) is 0 Å². The van der Waals surface area contributed by atoms with Crippen LogP contribution in [0.2, 0.25) is 26.2 Å². The standard InChI is InChI=1S/C30H37NP2Si2.2ClH.Ni/c1-34(2,25-32(27-17-9-5-10-18-27)28-19-11-6-12-20-28)31-35(3,4)26-33(29-21-13-7-14-22-29)30-23-15-8-16-24-30;;;/h5-24,31H,25-26H2,1-4H3;2*1H;/q;;;+2. The minimum absolute atomic E-state index is 0.569. The SMILES string of the molecule is C[Si](C)(C[PH+](c1ccccc1)c1ccccc1)N[Si](C)(C)C[PH+](c1ccccc1)c1ccccc1.[Cl][Ni][Cl]. The molecule has 8 heteroatoms. The van der Waals surface area contributed by atoms with E-state index in [0.29, 0.717) is 12.7 Å². The van der Waals surface area contributed by atoms with E-state index < -0.39 is 32.3 Å². The van der Waals surface area contributed by atoms with Crippen LogP contribution < -0.4 is 25.9 Å². The van der Waals surface area contributed by atoms with Crippen molar-refractivity contribution in [3.8, 4) is 0 Å². The van der Waals surface area contributed by atoms with Gasteiger partial charge in [0, 0.05) is 0 Å². The second-order valence-electron chi connectivity index (χ2n) is 10.7. The summed E-state index contributed by atoms with van der Waals surface area (Å²) in [5, 5.41) is 6.13. The van der Waals surface area contributed by atoms with Crippen LogP contribution >= 0.6 is 36.2 Å². The van der Waals surface area contributed by atoms with Crippen molar-refractivity contribution in [2.45, 2.75) is 26.2 Å². The summed E-state index contributed by atoms with van der Waals surface area (Å²) >= 11 is 0.569. The predicted octanol–water partition coefficient (Wildman–Crippen LogP) is 7.17. The normalized spacial score (nSPS) is 11.9. The molecule has 0 atom stereocenters. The second-order valence-corrected chi connectivity index (χ2v) is 27.9. The Morgan fingerprint density at radius 1 is 0.500 bits per heavy atom. The zero-order valence-electron chi connectivity index (χ0n) is 22.5. The quantitative estimate of drug-likeness (QED) is 0.141. The Hall–Kier alpha value is -0.793. The molecule has 0 aliphatic rings. The van der Waals surface area contributed by atoms with Crippen LogP contribution in [0.15, 0.2) is 121 Å². The maximum absolute atomic E-state index is 4.70. The molecule has 0 amide bonds. The third-order valence-corrected chi connectivity index (χ3v) is 25.8. The number of halogens is 2. The molecule has 38 heavy (non-hydrogen) atoms. The average molecular weight is 661 g/mol. The number of rotatable bonds is 10. The van der Waals surface area contributed by atoms with Gasteiger partial charge in [0.25, 0.3) is 0 Å². The van der Waals surface area contributed by atoms with Crippen molar-refractivity contribution in [2.24, 2.45) is 0 Å². The Morgan fingerprint density at radius 3 is 0.921 bits per heavy atom. The Bertz CT molecular complexity index is 1030. The summed E-state index contributed by atoms with van der Waals surface area (Å²) < 4.78 is 4.40. The molecule has 4 aromatic rings. The van der Waals surface area contributed by atoms with Gasteiger partial charge in [-0.1, -0.05) is 99.0 Å². The second kappa shape index (κ2) is 15.9. The Labute approximate surface area is 248 Å². The van der Waals surface area contributed by atoms with E-state index in [-0.39, 0.29) is 0 Å². The summed E-state index contributed by atoms with van der Waals surface area (Å²) in [6, 6.07) is 45.0. The summed E-state index contributed by atoms with van der Waals surface area (Å²) in [7, 11) is 4.42. The van der Waals surface area contributed by atoms with Crippen molar-refractivity contribution in [2.75, 3.05) is 11.6 Å². The van der Waals surface area contributed by atoms with Crippen molar-refractivity contribution in [3.05, 3.63) is 121 Å². The van der Waals surface area contributed by atoms with E-state index in [1.807, 2.05) is 0 Å². The van der Waals surface area contributed by atoms with Crippen LogP contribution in [0.4, 0.5) is 0 Å². The fourth-order valence-corrected chi connectivity index (χ4v) is 28.2. The van der Waals surface area contributed by atoms with Gasteiger partial charge in [0.1, 0.15) is 0 Å². The van der Waals surface area contributed by atoms with Gasteiger partial charge in [-0.05, 0) is 48.5 Å². The van der Waals surface area contributed by atoms with Crippen LogP contribution in [0.5, 0.6) is 0 Å². The Balaban J connectivity index is 0.00000127. The molecule has 1 nitrogen and oxygen atoms in total. The number of nitrogens with one attached hydrogen (secondary N) is 1. The third-order valence-electron chi connectivity index (χ3n) is 6.40. The average Bonchev–Trinajstić information content (AvgIpc) is 2.92. The van der Waals surface area contributed by atoms with Crippen LogP contribution in [-0.2, 0) is 12.7 Å². The fraction of sp³-hybridized carbons (Fsp3) is 0.200. The van der Waals surface area contributed by atoms with E-state index in [2.05, 4.69) is 152 Å². The molecule has 0 radical (unpaired) electrons. The van der Waals surface area contributed by atoms with E-state index in [1.165, 1.54) is 32.8 Å². The van der Waals surface area contributed by atoms with Crippen molar-refractivity contribution >= 4 is 73.9 Å². The predicted molar refractivity (Wildman–Crippen MR) is 180 cm³/mol. The minimum atomic E-state index is -1.66. The monoisotopic (exact) mass is 659 g/mol. The molecule has 0 heterocycles. The molecule has 1 N–H and O–H groups in total. The van der Waals surface area contributed by atoms with Gasteiger partial charge in [-0.2, -0.15) is 0 Å². The van der Waals surface area contributed by atoms with Crippen molar-refractivity contribution < 1.29 is 12.7 Å². The van der Waals surface area contributed by atoms with E-state index in [0.717, 1.165) is 0 Å². The zero-order chi connectivity index (χ0) is 27.4. The van der Waals surface area contributed by atoms with E-state index in [9.17, 15) is 0 Å². The summed E-state index contributed by atoms with van der Waals surface area (Å²) in [6.45, 7) is 10.3. The van der Waals surface area contributed by atoms with E-state index >= 15 is 0 Å². The number of benzene rings is 4. The first-order valence-corrected chi connectivity index (χ1v) is 25.3. The Kier molecular flexibility index (Phi) is 13.2. The number of hydrogen-bond acceptors (Lipinski definition) is 1. The van der Waals surface area contributed by atoms with Gasteiger partial charge in [-0.15, -0.1) is 0 Å². The van der Waals surface area contributed by atoms with Crippen molar-refractivity contribution in [1.82, 2.24) is 4.65 Å². The molecule has 4 aromatic carbocycles. The van der Waals surface area contributed by atoms with Crippen molar-refractivity contribution in [3.63, 3.8) is 0 Å². The molecule has 0 unspecified atom stereocenters. The van der Waals surface area contributed by atoms with Gasteiger partial charge in [0.05, 0.1) is 48.6 Å². The zero-order valence-corrected chi connectivity index (χ0v) is 29.0. The molecule has 204 valence electrons. The van der Waals surface area contributed by atoms with Gasteiger partial charge in [0.2, 0.25) is 0 Å². The molecular formula is C30H39Cl2NNiP2Si2+2. The molecule has 0 bridgehead atoms. The van der Waals surface area contributed by atoms with E-state index in [4.69, 9.17) is 20.4 Å². The van der Waals surface area contributed by atoms with Crippen molar-refractivity contribution in [1.29, 1.82) is 0 Å². The first-order valence-electron chi connectivity index (χ1n) is 12.8. The fourth-order valence-electron chi connectivity index (χ4n) is 5.19. The summed E-state index contributed by atoms with van der Waals surface area (Å²) in [5.41, 5.74) is 0. The molecule has 0 aromatic heterocycles. The molecule has 4 rings (SSSR count). The Morgan fingerprint density at radius 2 is 0.711 bits per heavy atom. The van der Waals surface area contributed by atoms with Gasteiger partial charge in [-0.25, -0.2) is 0 Å². The van der Waals surface area contributed by atoms with Gasteiger partial charge >= 0.3 is 33.0 Å². The van der Waals surface area contributed by atoms with Crippen LogP contribution in [0.3, 0.4) is 0 Å². The molecule has 0 aliphatic heterocycles. The molecule has 0 fully saturated rings. The first kappa shape index (κ1) is 31.7. The molecule has 0 aliphatic carbocycles. The van der Waals surface area contributed by atoms with Crippen LogP contribution in [0.25, 0.3) is 0 Å². The first-order chi connectivity index (χ1) is 18.2. The van der Waals surface area contributed by atoms with E-state index in [1.54, 1.807) is 0 Å². The van der Waals surface area contributed by atoms with Gasteiger partial charge < -0.3 is 4.65 Å². The molecule has 0 saturated heterocycles. The van der Waals surface area contributed by atoms with Gasteiger partial charge in [-0.3, -0.25) is 0 Å². The molecule has 0 saturated carbocycles. The summed E-state index contributed by atoms with van der Waals surface area (Å²) in [5.74, 6) is 2.61. The van der Waals surface area contributed by atoms with Gasteiger partial charge in [0.15, 0.2) is 16.5 Å². The van der Waals surface area contributed by atoms with Crippen LogP contribution in [0.1, 0.15) is 0 Å². The third kappa shape index (κ3) is 10.3. The van der Waals surface area contributed by atoms with Crippen LogP contribution in [-0.4, -0.2) is 28.0 Å². The number of hydrogen-bond donors (Lipinski definition) is 1. The summed E-state index contributed by atoms with van der Waals surface area (Å²) in [6.07, 6.45) is 0.